The van der Waals surface area contributed by atoms with Gasteiger partial charge in [-0.3, -0.25) is 0 Å². The van der Waals surface area contributed by atoms with Crippen LogP contribution >= 0.6 is 11.6 Å². The zero-order valence-corrected chi connectivity index (χ0v) is 13.5. The maximum atomic E-state index is 9.25. The van der Waals surface area contributed by atoms with Crippen LogP contribution in [0.15, 0.2) is 48.8 Å². The van der Waals surface area contributed by atoms with Crippen molar-refractivity contribution in [2.45, 2.75) is 25.9 Å². The topological polar surface area (TPSA) is 50.3 Å². The fourth-order valence-electron chi connectivity index (χ4n) is 2.52. The van der Waals surface area contributed by atoms with E-state index >= 15 is 0 Å². The van der Waals surface area contributed by atoms with Gasteiger partial charge in [-0.15, -0.1) is 0 Å². The number of aromatic nitrogens is 2. The summed E-state index contributed by atoms with van der Waals surface area (Å²) in [7, 11) is 0. The van der Waals surface area contributed by atoms with Gasteiger partial charge in [-0.05, 0) is 30.7 Å². The molecule has 0 spiro atoms. The minimum atomic E-state index is -0.154. The first-order valence-corrected chi connectivity index (χ1v) is 7.88. The molecule has 0 fully saturated rings. The summed E-state index contributed by atoms with van der Waals surface area (Å²) >= 11 is 6.04. The smallest absolute Gasteiger partial charge is 0.139 e. The highest BCUT2D eigenvalue weighted by Gasteiger charge is 2.16. The summed E-state index contributed by atoms with van der Waals surface area (Å²) in [6, 6.07) is 13.2. The van der Waals surface area contributed by atoms with Gasteiger partial charge >= 0.3 is 0 Å². The van der Waals surface area contributed by atoms with Crippen LogP contribution in [0.5, 0.6) is 5.75 Å². The highest BCUT2D eigenvalue weighted by atomic mass is 35.5. The van der Waals surface area contributed by atoms with Crippen LogP contribution in [0.1, 0.15) is 37.0 Å². The van der Waals surface area contributed by atoms with Crippen LogP contribution in [0.2, 0.25) is 5.02 Å². The highest BCUT2D eigenvalue weighted by Crippen LogP contribution is 2.30. The second-order valence-corrected chi connectivity index (χ2v) is 5.75. The summed E-state index contributed by atoms with van der Waals surface area (Å²) in [5.41, 5.74) is 2.53. The summed E-state index contributed by atoms with van der Waals surface area (Å²) in [6.45, 7) is 2.10. The number of fused-ring (bicyclic) bond motifs is 1. The van der Waals surface area contributed by atoms with Crippen LogP contribution in [0.4, 0.5) is 0 Å². The van der Waals surface area contributed by atoms with Crippen LogP contribution in [0, 0.1) is 11.3 Å². The lowest BCUT2D eigenvalue weighted by Crippen LogP contribution is -2.09. The van der Waals surface area contributed by atoms with Gasteiger partial charge in [-0.1, -0.05) is 31.0 Å². The minimum Gasteiger partial charge on any atom is -0.484 e. The maximum absolute atomic E-state index is 9.25. The van der Waals surface area contributed by atoms with E-state index in [0.29, 0.717) is 16.3 Å². The van der Waals surface area contributed by atoms with Gasteiger partial charge in [-0.25, -0.2) is 4.52 Å². The van der Waals surface area contributed by atoms with Gasteiger partial charge in [0.05, 0.1) is 11.1 Å². The Kier molecular flexibility index (Phi) is 4.50. The molecule has 0 N–H and O–H groups in total. The summed E-state index contributed by atoms with van der Waals surface area (Å²) in [5, 5.41) is 14.1. The molecular formula is C18H16ClN3O. The van der Waals surface area contributed by atoms with Crippen LogP contribution in [-0.4, -0.2) is 9.61 Å². The Balaban J connectivity index is 1.95. The largest absolute Gasteiger partial charge is 0.484 e. The molecular weight excluding hydrogens is 310 g/mol. The Hall–Kier alpha value is -2.51. The number of hydrogen-bond acceptors (Lipinski definition) is 3. The predicted molar refractivity (Wildman–Crippen MR) is 89.6 cm³/mol. The Morgan fingerprint density at radius 3 is 2.96 bits per heavy atom. The number of ether oxygens (including phenoxy) is 1. The van der Waals surface area contributed by atoms with Gasteiger partial charge in [0.1, 0.15) is 17.9 Å². The zero-order chi connectivity index (χ0) is 16.2. The van der Waals surface area contributed by atoms with Crippen LogP contribution in [-0.2, 0) is 0 Å². The van der Waals surface area contributed by atoms with Crippen molar-refractivity contribution >= 4 is 17.1 Å². The minimum absolute atomic E-state index is 0.154. The van der Waals surface area contributed by atoms with Crippen LogP contribution in [0.3, 0.4) is 0 Å². The second kappa shape index (κ2) is 6.72. The summed E-state index contributed by atoms with van der Waals surface area (Å²) < 4.78 is 7.95. The molecule has 2 aromatic heterocycles. The molecule has 3 aromatic rings. The molecule has 116 valence electrons. The first-order chi connectivity index (χ1) is 11.2. The van der Waals surface area contributed by atoms with E-state index in [1.165, 1.54) is 0 Å². The van der Waals surface area contributed by atoms with Gasteiger partial charge in [-0.2, -0.15) is 10.4 Å². The van der Waals surface area contributed by atoms with Crippen molar-refractivity contribution in [3.63, 3.8) is 0 Å². The van der Waals surface area contributed by atoms with Crippen molar-refractivity contribution in [2.75, 3.05) is 0 Å². The number of nitrogens with zero attached hydrogens (tertiary/aromatic N) is 3. The van der Waals surface area contributed by atoms with E-state index in [4.69, 9.17) is 16.3 Å². The third-order valence-electron chi connectivity index (χ3n) is 3.67. The van der Waals surface area contributed by atoms with Crippen LogP contribution < -0.4 is 4.74 Å². The lowest BCUT2D eigenvalue weighted by molar-refractivity contribution is 0.192. The van der Waals surface area contributed by atoms with E-state index in [2.05, 4.69) is 18.1 Å². The van der Waals surface area contributed by atoms with Gasteiger partial charge in [0.25, 0.3) is 0 Å². The number of halogens is 1. The molecule has 3 rings (SSSR count). The van der Waals surface area contributed by atoms with E-state index in [0.717, 1.165) is 23.9 Å². The van der Waals surface area contributed by atoms with Crippen molar-refractivity contribution in [1.82, 2.24) is 9.61 Å². The average molecular weight is 326 g/mol. The monoisotopic (exact) mass is 325 g/mol. The van der Waals surface area contributed by atoms with Crippen molar-refractivity contribution in [3.05, 3.63) is 64.9 Å². The molecule has 0 aliphatic carbocycles. The van der Waals surface area contributed by atoms with Crippen molar-refractivity contribution in [3.8, 4) is 11.8 Å². The van der Waals surface area contributed by atoms with E-state index in [9.17, 15) is 5.26 Å². The fourth-order valence-corrected chi connectivity index (χ4v) is 2.68. The molecule has 0 amide bonds. The molecule has 1 aromatic carbocycles. The Morgan fingerprint density at radius 1 is 1.30 bits per heavy atom. The van der Waals surface area contributed by atoms with E-state index in [1.807, 2.05) is 28.9 Å². The molecule has 2 heterocycles. The molecule has 5 heteroatoms. The van der Waals surface area contributed by atoms with Gasteiger partial charge < -0.3 is 4.74 Å². The SMILES string of the molecule is CCCC(Oc1cc(Cl)ccc1C#N)c1ccc2ccnn2c1. The van der Waals surface area contributed by atoms with Crippen molar-refractivity contribution < 1.29 is 4.74 Å². The molecule has 0 bridgehead atoms. The lowest BCUT2D eigenvalue weighted by Gasteiger charge is -2.20. The predicted octanol–water partition coefficient (Wildman–Crippen LogP) is 4.78. The van der Waals surface area contributed by atoms with E-state index in [-0.39, 0.29) is 6.10 Å². The van der Waals surface area contributed by atoms with Crippen molar-refractivity contribution in [1.29, 1.82) is 5.26 Å². The number of pyridine rings is 1. The van der Waals surface area contributed by atoms with Gasteiger partial charge in [0.15, 0.2) is 0 Å². The highest BCUT2D eigenvalue weighted by molar-refractivity contribution is 6.30. The summed E-state index contributed by atoms with van der Waals surface area (Å²) in [5.74, 6) is 0.513. The number of nitriles is 1. The fraction of sp³-hybridized carbons (Fsp3) is 0.222. The Bertz CT molecular complexity index is 866. The third kappa shape index (κ3) is 3.30. The first kappa shape index (κ1) is 15.4. The molecule has 0 aliphatic heterocycles. The Morgan fingerprint density at radius 2 is 2.17 bits per heavy atom. The molecule has 0 aliphatic rings. The lowest BCUT2D eigenvalue weighted by atomic mass is 10.1. The second-order valence-electron chi connectivity index (χ2n) is 5.31. The van der Waals surface area contributed by atoms with E-state index in [1.54, 1.807) is 24.4 Å². The summed E-state index contributed by atoms with van der Waals surface area (Å²) in [6.07, 6.45) is 5.37. The van der Waals surface area contributed by atoms with Crippen LogP contribution in [0.25, 0.3) is 5.52 Å². The molecule has 0 radical (unpaired) electrons. The average Bonchev–Trinajstić information content (AvgIpc) is 3.02. The van der Waals surface area contributed by atoms with Gasteiger partial charge in [0, 0.05) is 29.0 Å². The number of rotatable bonds is 5. The number of hydrogen-bond donors (Lipinski definition) is 0. The normalized spacial score (nSPS) is 12.0. The third-order valence-corrected chi connectivity index (χ3v) is 3.91. The number of benzene rings is 1. The Labute approximate surface area is 139 Å². The van der Waals surface area contributed by atoms with E-state index < -0.39 is 0 Å². The van der Waals surface area contributed by atoms with Crippen molar-refractivity contribution in [2.24, 2.45) is 0 Å². The molecule has 1 atom stereocenters. The first-order valence-electron chi connectivity index (χ1n) is 7.51. The molecule has 1 unspecified atom stereocenters. The summed E-state index contributed by atoms with van der Waals surface area (Å²) in [4.78, 5) is 0. The standard InChI is InChI=1S/C18H16ClN3O/c1-2-3-17(14-5-7-16-8-9-21-22(16)12-14)23-18-10-15(19)6-4-13(18)11-20/h4-10,12,17H,2-3H2,1H3. The molecule has 0 saturated heterocycles. The van der Waals surface area contributed by atoms with Gasteiger partial charge in [0.2, 0.25) is 0 Å². The maximum Gasteiger partial charge on any atom is 0.139 e. The zero-order valence-electron chi connectivity index (χ0n) is 12.7. The molecule has 0 saturated carbocycles. The molecule has 4 nitrogen and oxygen atoms in total. The molecule has 23 heavy (non-hydrogen) atoms. The quantitative estimate of drug-likeness (QED) is 0.678.